The maximum atomic E-state index is 12.1. The zero-order valence-corrected chi connectivity index (χ0v) is 18.1. The van der Waals surface area contributed by atoms with Gasteiger partial charge in [-0.25, -0.2) is 5.43 Å². The van der Waals surface area contributed by atoms with Gasteiger partial charge < -0.3 is 10.1 Å². The lowest BCUT2D eigenvalue weighted by Crippen LogP contribution is -2.20. The van der Waals surface area contributed by atoms with Gasteiger partial charge in [-0.1, -0.05) is 28.1 Å². The Morgan fingerprint density at radius 3 is 2.41 bits per heavy atom. The molecular weight excluding hydrogens is 480 g/mol. The molecule has 32 heavy (non-hydrogen) atoms. The summed E-state index contributed by atoms with van der Waals surface area (Å²) in [6.45, 7) is -0.157. The van der Waals surface area contributed by atoms with Crippen molar-refractivity contribution in [2.24, 2.45) is 5.10 Å². The third-order valence-corrected chi connectivity index (χ3v) is 4.63. The zero-order valence-electron chi connectivity index (χ0n) is 16.5. The summed E-state index contributed by atoms with van der Waals surface area (Å²) in [6, 6.07) is 19.5. The third kappa shape index (κ3) is 6.47. The first-order valence-electron chi connectivity index (χ1n) is 9.27. The summed E-state index contributed by atoms with van der Waals surface area (Å²) >= 11 is 3.33. The minimum Gasteiger partial charge on any atom is -0.484 e. The van der Waals surface area contributed by atoms with Gasteiger partial charge >= 0.3 is 0 Å². The van der Waals surface area contributed by atoms with E-state index in [1.807, 2.05) is 12.1 Å². The average molecular weight is 497 g/mol. The predicted octanol–water partition coefficient (Wildman–Crippen LogP) is 4.14. The molecule has 0 aliphatic rings. The Balaban J connectivity index is 1.49. The molecule has 0 radical (unpaired) electrons. The maximum absolute atomic E-state index is 12.1. The van der Waals surface area contributed by atoms with Crippen LogP contribution in [-0.4, -0.2) is 29.6 Å². The number of hydrazone groups is 1. The SMILES string of the molecule is O=C(COc1ccc(/C=N\NC(=O)c2ccccc2[N+](=O)[O-])cc1)Nc1ccc(Br)cc1. The van der Waals surface area contributed by atoms with Crippen LogP contribution in [0.3, 0.4) is 0 Å². The van der Waals surface area contributed by atoms with Crippen LogP contribution in [0.4, 0.5) is 11.4 Å². The minimum absolute atomic E-state index is 0.0835. The fourth-order valence-corrected chi connectivity index (χ4v) is 2.84. The second kappa shape index (κ2) is 10.8. The van der Waals surface area contributed by atoms with Crippen LogP contribution in [0.5, 0.6) is 5.75 Å². The van der Waals surface area contributed by atoms with E-state index in [0.29, 0.717) is 17.0 Å². The Morgan fingerprint density at radius 2 is 1.72 bits per heavy atom. The van der Waals surface area contributed by atoms with Crippen molar-refractivity contribution in [3.8, 4) is 5.75 Å². The van der Waals surface area contributed by atoms with E-state index >= 15 is 0 Å². The normalized spacial score (nSPS) is 10.5. The summed E-state index contributed by atoms with van der Waals surface area (Å²) in [5.41, 5.74) is 3.19. The van der Waals surface area contributed by atoms with Gasteiger partial charge in [0.05, 0.1) is 11.1 Å². The number of hydrogen-bond acceptors (Lipinski definition) is 6. The summed E-state index contributed by atoms with van der Waals surface area (Å²) < 4.78 is 6.37. The second-order valence-electron chi connectivity index (χ2n) is 6.39. The first kappa shape index (κ1) is 22.6. The van der Waals surface area contributed by atoms with Crippen molar-refractivity contribution in [3.05, 3.63) is 98.5 Å². The van der Waals surface area contributed by atoms with Crippen LogP contribution in [0.25, 0.3) is 0 Å². The number of nitro groups is 1. The van der Waals surface area contributed by atoms with E-state index in [-0.39, 0.29) is 23.8 Å². The van der Waals surface area contributed by atoms with Crippen LogP contribution in [0.2, 0.25) is 0 Å². The van der Waals surface area contributed by atoms with E-state index in [1.165, 1.54) is 30.5 Å². The van der Waals surface area contributed by atoms with Crippen LogP contribution in [0, 0.1) is 10.1 Å². The number of halogens is 1. The van der Waals surface area contributed by atoms with E-state index in [1.54, 1.807) is 36.4 Å². The van der Waals surface area contributed by atoms with Gasteiger partial charge in [0.2, 0.25) is 0 Å². The number of nitro benzene ring substituents is 1. The van der Waals surface area contributed by atoms with Crippen molar-refractivity contribution in [1.29, 1.82) is 0 Å². The molecule has 0 aliphatic carbocycles. The first-order chi connectivity index (χ1) is 15.4. The van der Waals surface area contributed by atoms with E-state index < -0.39 is 10.8 Å². The van der Waals surface area contributed by atoms with E-state index in [9.17, 15) is 19.7 Å². The molecule has 0 unspecified atom stereocenters. The molecule has 3 rings (SSSR count). The lowest BCUT2D eigenvalue weighted by molar-refractivity contribution is -0.385. The molecule has 3 aromatic rings. The molecule has 10 heteroatoms. The van der Waals surface area contributed by atoms with Crippen molar-refractivity contribution in [1.82, 2.24) is 5.43 Å². The Hall–Kier alpha value is -4.05. The van der Waals surface area contributed by atoms with Crippen molar-refractivity contribution < 1.29 is 19.2 Å². The van der Waals surface area contributed by atoms with Gasteiger partial charge in [0, 0.05) is 16.2 Å². The van der Waals surface area contributed by atoms with Crippen LogP contribution in [-0.2, 0) is 4.79 Å². The highest BCUT2D eigenvalue weighted by Crippen LogP contribution is 2.17. The number of anilines is 1. The van der Waals surface area contributed by atoms with Gasteiger partial charge in [0.15, 0.2) is 6.61 Å². The number of benzene rings is 3. The highest BCUT2D eigenvalue weighted by atomic mass is 79.9. The van der Waals surface area contributed by atoms with E-state index in [2.05, 4.69) is 31.8 Å². The smallest absolute Gasteiger partial charge is 0.282 e. The van der Waals surface area contributed by atoms with Gasteiger partial charge in [-0.05, 0) is 60.2 Å². The molecule has 3 aromatic carbocycles. The summed E-state index contributed by atoms with van der Waals surface area (Å²) in [6.07, 6.45) is 1.39. The average Bonchev–Trinajstić information content (AvgIpc) is 2.80. The highest BCUT2D eigenvalue weighted by molar-refractivity contribution is 9.10. The van der Waals surface area contributed by atoms with Gasteiger partial charge in [0.25, 0.3) is 17.5 Å². The fraction of sp³-hybridized carbons (Fsp3) is 0.0455. The number of rotatable bonds is 8. The van der Waals surface area contributed by atoms with Crippen molar-refractivity contribution in [2.75, 3.05) is 11.9 Å². The standard InChI is InChI=1S/C22H17BrN4O5/c23-16-7-9-17(10-8-16)25-21(28)14-32-18-11-5-15(6-12-18)13-24-26-22(29)19-3-1-2-4-20(19)27(30)31/h1-13H,14H2,(H,25,28)(H,26,29)/b24-13-. The number of carbonyl (C=O) groups is 2. The molecule has 162 valence electrons. The lowest BCUT2D eigenvalue weighted by Gasteiger charge is -2.08. The number of ether oxygens (including phenoxy) is 1. The Kier molecular flexibility index (Phi) is 7.65. The quantitative estimate of drug-likeness (QED) is 0.275. The van der Waals surface area contributed by atoms with Crippen LogP contribution < -0.4 is 15.5 Å². The molecule has 0 heterocycles. The number of nitrogens with zero attached hydrogens (tertiary/aromatic N) is 2. The number of hydrogen-bond donors (Lipinski definition) is 2. The Morgan fingerprint density at radius 1 is 1.03 bits per heavy atom. The number of nitrogens with one attached hydrogen (secondary N) is 2. The molecular formula is C22H17BrN4O5. The van der Waals surface area contributed by atoms with Gasteiger partial charge in [-0.2, -0.15) is 5.10 Å². The maximum Gasteiger partial charge on any atom is 0.282 e. The molecule has 0 aromatic heterocycles. The number of para-hydroxylation sites is 1. The Labute approximate surface area is 191 Å². The first-order valence-corrected chi connectivity index (χ1v) is 10.1. The van der Waals surface area contributed by atoms with Crippen molar-refractivity contribution in [2.45, 2.75) is 0 Å². The monoisotopic (exact) mass is 496 g/mol. The summed E-state index contributed by atoms with van der Waals surface area (Å²) in [4.78, 5) is 34.5. The lowest BCUT2D eigenvalue weighted by atomic mass is 10.2. The molecule has 2 amide bonds. The molecule has 0 fully saturated rings. The molecule has 0 saturated heterocycles. The van der Waals surface area contributed by atoms with E-state index in [0.717, 1.165) is 4.47 Å². The highest BCUT2D eigenvalue weighted by Gasteiger charge is 2.18. The van der Waals surface area contributed by atoms with Gasteiger partial charge in [-0.15, -0.1) is 0 Å². The summed E-state index contributed by atoms with van der Waals surface area (Å²) in [7, 11) is 0. The molecule has 9 nitrogen and oxygen atoms in total. The zero-order chi connectivity index (χ0) is 22.9. The van der Waals surface area contributed by atoms with Crippen molar-refractivity contribution >= 4 is 45.3 Å². The van der Waals surface area contributed by atoms with Gasteiger partial charge in [0.1, 0.15) is 11.3 Å². The van der Waals surface area contributed by atoms with Crippen LogP contribution >= 0.6 is 15.9 Å². The van der Waals surface area contributed by atoms with E-state index in [4.69, 9.17) is 4.74 Å². The molecule has 0 aliphatic heterocycles. The molecule has 0 atom stereocenters. The summed E-state index contributed by atoms with van der Waals surface area (Å²) in [5, 5.41) is 17.5. The van der Waals surface area contributed by atoms with Crippen LogP contribution in [0.15, 0.2) is 82.4 Å². The fourth-order valence-electron chi connectivity index (χ4n) is 2.58. The minimum atomic E-state index is -0.690. The Bertz CT molecular complexity index is 1150. The largest absolute Gasteiger partial charge is 0.484 e. The predicted molar refractivity (Wildman–Crippen MR) is 123 cm³/mol. The van der Waals surface area contributed by atoms with Gasteiger partial charge in [-0.3, -0.25) is 19.7 Å². The van der Waals surface area contributed by atoms with Crippen LogP contribution in [0.1, 0.15) is 15.9 Å². The summed E-state index contributed by atoms with van der Waals surface area (Å²) in [5.74, 6) is -0.502. The molecule has 0 saturated carbocycles. The second-order valence-corrected chi connectivity index (χ2v) is 7.30. The number of amides is 2. The molecule has 2 N–H and O–H groups in total. The molecule has 0 spiro atoms. The number of carbonyl (C=O) groups excluding carboxylic acids is 2. The third-order valence-electron chi connectivity index (χ3n) is 4.10. The molecule has 0 bridgehead atoms. The topological polar surface area (TPSA) is 123 Å². The van der Waals surface area contributed by atoms with Crippen molar-refractivity contribution in [3.63, 3.8) is 0 Å².